The molecule has 0 aliphatic heterocycles. The van der Waals surface area contributed by atoms with E-state index in [1.54, 1.807) is 24.5 Å². The van der Waals surface area contributed by atoms with Gasteiger partial charge in [0, 0.05) is 12.1 Å². The standard InChI is InChI=1S/C18H17ClN4O2S/c1-2-9-23-17(14-7-3-4-8-15(14)19)21-22-18(23)26-12-16(24)20-11-13-6-5-10-25-13/h2-8,10H,1,9,11-12H2,(H,20,24). The number of carbonyl (C=O) groups is 1. The number of thioether (sulfide) groups is 1. The average molecular weight is 389 g/mol. The number of furan rings is 1. The second-order valence-electron chi connectivity index (χ2n) is 5.33. The summed E-state index contributed by atoms with van der Waals surface area (Å²) in [4.78, 5) is 12.0. The number of hydrogen-bond acceptors (Lipinski definition) is 5. The van der Waals surface area contributed by atoms with Crippen molar-refractivity contribution in [3.05, 3.63) is 66.1 Å². The topological polar surface area (TPSA) is 73.0 Å². The van der Waals surface area contributed by atoms with Gasteiger partial charge in [0.15, 0.2) is 11.0 Å². The van der Waals surface area contributed by atoms with E-state index in [2.05, 4.69) is 22.1 Å². The summed E-state index contributed by atoms with van der Waals surface area (Å²) >= 11 is 7.58. The number of rotatable bonds is 8. The molecule has 2 heterocycles. The van der Waals surface area contributed by atoms with Crippen LogP contribution >= 0.6 is 23.4 Å². The number of nitrogens with zero attached hydrogens (tertiary/aromatic N) is 3. The monoisotopic (exact) mass is 388 g/mol. The van der Waals surface area contributed by atoms with Gasteiger partial charge in [0.2, 0.25) is 5.91 Å². The van der Waals surface area contributed by atoms with E-state index in [0.29, 0.717) is 34.9 Å². The van der Waals surface area contributed by atoms with Gasteiger partial charge in [-0.3, -0.25) is 9.36 Å². The van der Waals surface area contributed by atoms with Crippen molar-refractivity contribution in [1.29, 1.82) is 0 Å². The Morgan fingerprint density at radius 3 is 2.88 bits per heavy atom. The summed E-state index contributed by atoms with van der Waals surface area (Å²) in [5, 5.41) is 12.5. The molecule has 0 radical (unpaired) electrons. The Balaban J connectivity index is 1.69. The Bertz CT molecular complexity index is 892. The Labute approximate surface area is 160 Å². The molecule has 0 bridgehead atoms. The highest BCUT2D eigenvalue weighted by Gasteiger charge is 2.16. The van der Waals surface area contributed by atoms with Crippen molar-refractivity contribution < 1.29 is 9.21 Å². The minimum atomic E-state index is -0.112. The zero-order valence-electron chi connectivity index (χ0n) is 13.9. The first-order chi connectivity index (χ1) is 12.7. The zero-order chi connectivity index (χ0) is 18.4. The second-order valence-corrected chi connectivity index (χ2v) is 6.68. The maximum absolute atomic E-state index is 12.0. The van der Waals surface area contributed by atoms with E-state index in [-0.39, 0.29) is 11.7 Å². The van der Waals surface area contributed by atoms with Crippen molar-refractivity contribution >= 4 is 29.3 Å². The van der Waals surface area contributed by atoms with Gasteiger partial charge in [-0.15, -0.1) is 16.8 Å². The van der Waals surface area contributed by atoms with Crippen LogP contribution in [-0.4, -0.2) is 26.4 Å². The molecular weight excluding hydrogens is 372 g/mol. The lowest BCUT2D eigenvalue weighted by molar-refractivity contribution is -0.118. The third-order valence-electron chi connectivity index (χ3n) is 3.52. The molecule has 0 saturated heterocycles. The van der Waals surface area contributed by atoms with Crippen molar-refractivity contribution in [2.45, 2.75) is 18.2 Å². The molecule has 2 aromatic heterocycles. The fourth-order valence-electron chi connectivity index (χ4n) is 2.31. The number of carbonyl (C=O) groups excluding carboxylic acids is 1. The van der Waals surface area contributed by atoms with Gasteiger partial charge in [-0.05, 0) is 24.3 Å². The van der Waals surface area contributed by atoms with Gasteiger partial charge in [0.1, 0.15) is 5.76 Å². The number of allylic oxidation sites excluding steroid dienone is 1. The molecule has 8 heteroatoms. The Morgan fingerprint density at radius 1 is 1.31 bits per heavy atom. The highest BCUT2D eigenvalue weighted by atomic mass is 35.5. The molecule has 134 valence electrons. The van der Waals surface area contributed by atoms with Gasteiger partial charge in [0.05, 0.1) is 23.6 Å². The summed E-state index contributed by atoms with van der Waals surface area (Å²) in [6.45, 7) is 4.65. The molecular formula is C18H17ClN4O2S. The average Bonchev–Trinajstić information content (AvgIpc) is 3.29. The van der Waals surface area contributed by atoms with Crippen LogP contribution in [0.3, 0.4) is 0 Å². The molecule has 0 fully saturated rings. The molecule has 6 nitrogen and oxygen atoms in total. The van der Waals surface area contributed by atoms with E-state index in [9.17, 15) is 4.79 Å². The molecule has 0 spiro atoms. The normalized spacial score (nSPS) is 10.7. The summed E-state index contributed by atoms with van der Waals surface area (Å²) in [7, 11) is 0. The number of hydrogen-bond donors (Lipinski definition) is 1. The fraction of sp³-hybridized carbons (Fsp3) is 0.167. The molecule has 3 rings (SSSR count). The third-order valence-corrected chi connectivity index (χ3v) is 4.81. The van der Waals surface area contributed by atoms with Gasteiger partial charge in [-0.1, -0.05) is 41.6 Å². The molecule has 0 aliphatic rings. The van der Waals surface area contributed by atoms with Crippen molar-refractivity contribution in [3.8, 4) is 11.4 Å². The molecule has 0 unspecified atom stereocenters. The first-order valence-electron chi connectivity index (χ1n) is 7.90. The molecule has 1 amide bonds. The van der Waals surface area contributed by atoms with Crippen LogP contribution in [0, 0.1) is 0 Å². The Kier molecular flexibility index (Phi) is 6.14. The summed E-state index contributed by atoms with van der Waals surface area (Å²) in [6, 6.07) is 11.0. The summed E-state index contributed by atoms with van der Waals surface area (Å²) in [5.74, 6) is 1.46. The Morgan fingerprint density at radius 2 is 2.15 bits per heavy atom. The fourth-order valence-corrected chi connectivity index (χ4v) is 3.31. The minimum absolute atomic E-state index is 0.112. The first kappa shape index (κ1) is 18.3. The van der Waals surface area contributed by atoms with E-state index in [1.165, 1.54) is 11.8 Å². The third kappa shape index (κ3) is 4.36. The van der Waals surface area contributed by atoms with E-state index in [1.807, 2.05) is 28.8 Å². The first-order valence-corrected chi connectivity index (χ1v) is 9.26. The van der Waals surface area contributed by atoms with Crippen molar-refractivity contribution in [2.24, 2.45) is 0 Å². The van der Waals surface area contributed by atoms with Gasteiger partial charge in [-0.25, -0.2) is 0 Å². The van der Waals surface area contributed by atoms with E-state index in [0.717, 1.165) is 5.56 Å². The van der Waals surface area contributed by atoms with Crippen LogP contribution in [0.15, 0.2) is 64.9 Å². The molecule has 1 N–H and O–H groups in total. The van der Waals surface area contributed by atoms with Gasteiger partial charge < -0.3 is 9.73 Å². The van der Waals surface area contributed by atoms with Gasteiger partial charge in [0.25, 0.3) is 0 Å². The second kappa shape index (κ2) is 8.73. The quantitative estimate of drug-likeness (QED) is 0.469. The summed E-state index contributed by atoms with van der Waals surface area (Å²) in [6.07, 6.45) is 3.33. The summed E-state index contributed by atoms with van der Waals surface area (Å²) in [5.41, 5.74) is 0.789. The van der Waals surface area contributed by atoms with Crippen LogP contribution in [0.5, 0.6) is 0 Å². The SMILES string of the molecule is C=CCn1c(SCC(=O)NCc2ccco2)nnc1-c1ccccc1Cl. The lowest BCUT2D eigenvalue weighted by atomic mass is 10.2. The number of nitrogens with one attached hydrogen (secondary N) is 1. The van der Waals surface area contributed by atoms with E-state index in [4.69, 9.17) is 16.0 Å². The van der Waals surface area contributed by atoms with Crippen LogP contribution in [-0.2, 0) is 17.9 Å². The number of benzene rings is 1. The molecule has 26 heavy (non-hydrogen) atoms. The lowest BCUT2D eigenvalue weighted by Crippen LogP contribution is -2.24. The molecule has 0 saturated carbocycles. The zero-order valence-corrected chi connectivity index (χ0v) is 15.5. The number of halogens is 1. The number of amides is 1. The highest BCUT2D eigenvalue weighted by molar-refractivity contribution is 7.99. The van der Waals surface area contributed by atoms with Crippen molar-refractivity contribution in [1.82, 2.24) is 20.1 Å². The van der Waals surface area contributed by atoms with E-state index < -0.39 is 0 Å². The summed E-state index contributed by atoms with van der Waals surface area (Å²) < 4.78 is 7.08. The Hall–Kier alpha value is -2.51. The highest BCUT2D eigenvalue weighted by Crippen LogP contribution is 2.29. The molecule has 1 aromatic carbocycles. The molecule has 3 aromatic rings. The van der Waals surface area contributed by atoms with Crippen LogP contribution < -0.4 is 5.32 Å². The van der Waals surface area contributed by atoms with Crippen molar-refractivity contribution in [2.75, 3.05) is 5.75 Å². The molecule has 0 atom stereocenters. The minimum Gasteiger partial charge on any atom is -0.467 e. The number of aromatic nitrogens is 3. The predicted molar refractivity (Wildman–Crippen MR) is 102 cm³/mol. The smallest absolute Gasteiger partial charge is 0.230 e. The van der Waals surface area contributed by atoms with Crippen LogP contribution in [0.2, 0.25) is 5.02 Å². The van der Waals surface area contributed by atoms with Crippen LogP contribution in [0.1, 0.15) is 5.76 Å². The lowest BCUT2D eigenvalue weighted by Gasteiger charge is -2.09. The maximum atomic E-state index is 12.0. The van der Waals surface area contributed by atoms with Gasteiger partial charge >= 0.3 is 0 Å². The predicted octanol–water partition coefficient (Wildman–Crippen LogP) is 3.79. The van der Waals surface area contributed by atoms with Crippen LogP contribution in [0.4, 0.5) is 0 Å². The molecule has 0 aliphatic carbocycles. The maximum Gasteiger partial charge on any atom is 0.230 e. The van der Waals surface area contributed by atoms with Crippen LogP contribution in [0.25, 0.3) is 11.4 Å². The van der Waals surface area contributed by atoms with Gasteiger partial charge in [-0.2, -0.15) is 0 Å². The largest absolute Gasteiger partial charge is 0.467 e. The van der Waals surface area contributed by atoms with E-state index >= 15 is 0 Å². The van der Waals surface area contributed by atoms with Crippen molar-refractivity contribution in [3.63, 3.8) is 0 Å².